The molecule has 4 heteroatoms. The Hall–Kier alpha value is -2.17. The number of hydrogen-bond donors (Lipinski definition) is 2. The second-order valence-electron chi connectivity index (χ2n) is 11.5. The van der Waals surface area contributed by atoms with Crippen LogP contribution in [0.5, 0.6) is 5.75 Å². The molecule has 2 fully saturated rings. The van der Waals surface area contributed by atoms with Crippen molar-refractivity contribution in [2.24, 2.45) is 11.8 Å². The molecule has 0 unspecified atom stereocenters. The lowest BCUT2D eigenvalue weighted by Crippen LogP contribution is -2.59. The highest BCUT2D eigenvalue weighted by Gasteiger charge is 2.51. The van der Waals surface area contributed by atoms with Gasteiger partial charge < -0.3 is 10.4 Å². The molecule has 1 saturated carbocycles. The number of nitrogens with zero attached hydrogens (tertiary/aromatic N) is 1. The predicted octanol–water partition coefficient (Wildman–Crippen LogP) is 5.27. The van der Waals surface area contributed by atoms with Crippen LogP contribution in [0.3, 0.4) is 0 Å². The number of hydrogen-bond acceptors (Lipinski definition) is 4. The standard InChI is InChI=1S/C31H42N2O2/c1-22-30-19-26-12-13-27(35)20-28(26)31(22,15-17-33(30)21-25-10-11-25)14-6-7-16-32-29(23(2)34)18-24-8-4-3-5-9-24/h3-5,8-9,12-13,20,22,25,29-30,32,35H,6-7,10-11,14-19,21H2,1-2H3/t22-,29-,30+,31+/m0/s1. The first-order valence-corrected chi connectivity index (χ1v) is 13.8. The zero-order valence-electron chi connectivity index (χ0n) is 21.5. The van der Waals surface area contributed by atoms with Gasteiger partial charge in [0.05, 0.1) is 6.04 Å². The van der Waals surface area contributed by atoms with E-state index in [0.29, 0.717) is 17.7 Å². The van der Waals surface area contributed by atoms with E-state index in [9.17, 15) is 9.90 Å². The third-order valence-electron chi connectivity index (χ3n) is 9.23. The number of piperidine rings is 1. The van der Waals surface area contributed by atoms with Gasteiger partial charge in [-0.3, -0.25) is 9.69 Å². The van der Waals surface area contributed by atoms with E-state index in [1.807, 2.05) is 24.3 Å². The van der Waals surface area contributed by atoms with Crippen LogP contribution in [-0.2, 0) is 23.1 Å². The van der Waals surface area contributed by atoms with Gasteiger partial charge in [0.15, 0.2) is 0 Å². The van der Waals surface area contributed by atoms with Crippen molar-refractivity contribution in [1.29, 1.82) is 0 Å². The number of likely N-dealkylation sites (tertiary alicyclic amines) is 1. The minimum Gasteiger partial charge on any atom is -0.508 e. The van der Waals surface area contributed by atoms with Gasteiger partial charge in [-0.1, -0.05) is 49.7 Å². The molecule has 2 aliphatic carbocycles. The molecule has 5 rings (SSSR count). The van der Waals surface area contributed by atoms with E-state index < -0.39 is 0 Å². The Bertz CT molecular complexity index is 1020. The van der Waals surface area contributed by atoms with Gasteiger partial charge in [-0.2, -0.15) is 0 Å². The quantitative estimate of drug-likeness (QED) is 0.436. The van der Waals surface area contributed by atoms with Crippen LogP contribution in [0.2, 0.25) is 0 Å². The number of phenolic OH excluding ortho intramolecular Hbond substituents is 1. The molecule has 0 radical (unpaired) electrons. The second kappa shape index (κ2) is 10.4. The molecule has 1 heterocycles. The number of Topliss-reactive ketones (excluding diaryl/α,β-unsaturated/α-hetero) is 1. The summed E-state index contributed by atoms with van der Waals surface area (Å²) in [4.78, 5) is 15.0. The van der Waals surface area contributed by atoms with E-state index in [-0.39, 0.29) is 17.2 Å². The molecular weight excluding hydrogens is 432 g/mol. The molecule has 0 aromatic heterocycles. The van der Waals surface area contributed by atoms with E-state index in [2.05, 4.69) is 41.4 Å². The molecule has 188 valence electrons. The Labute approximate surface area is 211 Å². The molecule has 3 aliphatic rings. The molecule has 0 amide bonds. The average Bonchev–Trinajstić information content (AvgIpc) is 3.66. The first-order chi connectivity index (χ1) is 17.0. The minimum atomic E-state index is -0.114. The number of carbonyl (C=O) groups excluding carboxylic acids is 1. The summed E-state index contributed by atoms with van der Waals surface area (Å²) < 4.78 is 0. The monoisotopic (exact) mass is 474 g/mol. The highest BCUT2D eigenvalue weighted by Crippen LogP contribution is 2.52. The maximum Gasteiger partial charge on any atom is 0.147 e. The fraction of sp³-hybridized carbons (Fsp3) is 0.581. The van der Waals surface area contributed by atoms with Crippen molar-refractivity contribution in [2.45, 2.75) is 82.7 Å². The Morgan fingerprint density at radius 1 is 1.17 bits per heavy atom. The van der Waals surface area contributed by atoms with Crippen LogP contribution in [0.4, 0.5) is 0 Å². The van der Waals surface area contributed by atoms with Gasteiger partial charge >= 0.3 is 0 Å². The summed E-state index contributed by atoms with van der Waals surface area (Å²) >= 11 is 0. The normalized spacial score (nSPS) is 26.8. The smallest absolute Gasteiger partial charge is 0.147 e. The zero-order valence-corrected chi connectivity index (χ0v) is 21.5. The number of unbranched alkanes of at least 4 members (excludes halogenated alkanes) is 1. The number of nitrogens with one attached hydrogen (secondary N) is 1. The topological polar surface area (TPSA) is 52.6 Å². The molecule has 0 spiro atoms. The maximum absolute atomic E-state index is 12.2. The van der Waals surface area contributed by atoms with E-state index in [0.717, 1.165) is 44.6 Å². The van der Waals surface area contributed by atoms with Gasteiger partial charge in [-0.05, 0) is 106 Å². The fourth-order valence-corrected chi connectivity index (χ4v) is 6.94. The van der Waals surface area contributed by atoms with Crippen LogP contribution in [-0.4, -0.2) is 47.5 Å². The molecule has 1 aliphatic heterocycles. The number of fused-ring (bicyclic) bond motifs is 4. The van der Waals surface area contributed by atoms with E-state index in [1.165, 1.54) is 49.0 Å². The highest BCUT2D eigenvalue weighted by atomic mass is 16.3. The lowest BCUT2D eigenvalue weighted by Gasteiger charge is -2.56. The number of benzene rings is 2. The summed E-state index contributed by atoms with van der Waals surface area (Å²) in [6, 6.07) is 16.9. The summed E-state index contributed by atoms with van der Waals surface area (Å²) in [5.74, 6) is 2.14. The number of aromatic hydroxyl groups is 1. The molecule has 2 aromatic carbocycles. The Morgan fingerprint density at radius 2 is 1.97 bits per heavy atom. The van der Waals surface area contributed by atoms with Gasteiger partial charge in [0.25, 0.3) is 0 Å². The van der Waals surface area contributed by atoms with Crippen molar-refractivity contribution in [3.05, 3.63) is 65.2 Å². The van der Waals surface area contributed by atoms with Gasteiger partial charge in [0.1, 0.15) is 11.5 Å². The van der Waals surface area contributed by atoms with Crippen molar-refractivity contribution in [1.82, 2.24) is 10.2 Å². The van der Waals surface area contributed by atoms with E-state index in [1.54, 1.807) is 6.92 Å². The van der Waals surface area contributed by atoms with Crippen molar-refractivity contribution in [3.63, 3.8) is 0 Å². The third kappa shape index (κ3) is 5.34. The summed E-state index contributed by atoms with van der Waals surface area (Å²) in [5, 5.41) is 13.9. The van der Waals surface area contributed by atoms with Gasteiger partial charge in [-0.25, -0.2) is 0 Å². The lowest BCUT2D eigenvalue weighted by atomic mass is 9.56. The molecule has 4 atom stereocenters. The lowest BCUT2D eigenvalue weighted by molar-refractivity contribution is -0.119. The van der Waals surface area contributed by atoms with Crippen LogP contribution < -0.4 is 5.32 Å². The van der Waals surface area contributed by atoms with E-state index >= 15 is 0 Å². The highest BCUT2D eigenvalue weighted by molar-refractivity contribution is 5.81. The Kier molecular flexibility index (Phi) is 7.31. The molecule has 35 heavy (non-hydrogen) atoms. The second-order valence-corrected chi connectivity index (χ2v) is 11.5. The predicted molar refractivity (Wildman–Crippen MR) is 142 cm³/mol. The maximum atomic E-state index is 12.2. The number of carbonyl (C=O) groups is 1. The number of rotatable bonds is 11. The Balaban J connectivity index is 1.23. The van der Waals surface area contributed by atoms with Crippen molar-refractivity contribution >= 4 is 5.78 Å². The van der Waals surface area contributed by atoms with E-state index in [4.69, 9.17) is 0 Å². The fourth-order valence-electron chi connectivity index (χ4n) is 6.94. The molecular formula is C31H42N2O2. The SMILES string of the molecule is CC(=O)[C@H](Cc1ccccc1)NCCCC[C@]12CCN(CC3CC3)[C@H](Cc3ccc(O)cc31)[C@@H]2C. The molecule has 1 saturated heterocycles. The largest absolute Gasteiger partial charge is 0.508 e. The number of ketones is 1. The Morgan fingerprint density at radius 3 is 2.71 bits per heavy atom. The number of phenols is 1. The van der Waals surface area contributed by atoms with Crippen LogP contribution in [0, 0.1) is 11.8 Å². The molecule has 2 bridgehead atoms. The summed E-state index contributed by atoms with van der Waals surface area (Å²) in [6.45, 7) is 7.49. The summed E-state index contributed by atoms with van der Waals surface area (Å²) in [7, 11) is 0. The molecule has 2 N–H and O–H groups in total. The van der Waals surface area contributed by atoms with Crippen molar-refractivity contribution in [3.8, 4) is 5.75 Å². The molecule has 2 aromatic rings. The third-order valence-corrected chi connectivity index (χ3v) is 9.23. The van der Waals surface area contributed by atoms with Gasteiger partial charge in [-0.15, -0.1) is 0 Å². The van der Waals surface area contributed by atoms with Crippen LogP contribution >= 0.6 is 0 Å². The van der Waals surface area contributed by atoms with Crippen molar-refractivity contribution in [2.75, 3.05) is 19.6 Å². The minimum absolute atomic E-state index is 0.114. The van der Waals surface area contributed by atoms with Crippen LogP contribution in [0.25, 0.3) is 0 Å². The van der Waals surface area contributed by atoms with Gasteiger partial charge in [0, 0.05) is 18.0 Å². The first kappa shape index (κ1) is 24.5. The summed E-state index contributed by atoms with van der Waals surface area (Å²) in [6.07, 6.45) is 9.23. The first-order valence-electron chi connectivity index (χ1n) is 13.8. The van der Waals surface area contributed by atoms with Crippen LogP contribution in [0.1, 0.15) is 69.1 Å². The zero-order chi connectivity index (χ0) is 24.4. The molecule has 4 nitrogen and oxygen atoms in total. The average molecular weight is 475 g/mol. The van der Waals surface area contributed by atoms with Gasteiger partial charge in [0.2, 0.25) is 0 Å². The van der Waals surface area contributed by atoms with Crippen molar-refractivity contribution < 1.29 is 9.90 Å². The van der Waals surface area contributed by atoms with Crippen LogP contribution in [0.15, 0.2) is 48.5 Å². The summed E-state index contributed by atoms with van der Waals surface area (Å²) in [5.41, 5.74) is 4.21.